The van der Waals surface area contributed by atoms with Crippen LogP contribution in [0.2, 0.25) is 0 Å². The van der Waals surface area contributed by atoms with E-state index < -0.39 is 41.8 Å². The van der Waals surface area contributed by atoms with Gasteiger partial charge in [0.2, 0.25) is 17.7 Å². The first-order valence-corrected chi connectivity index (χ1v) is 10.6. The Morgan fingerprint density at radius 2 is 1.76 bits per heavy atom. The maximum absolute atomic E-state index is 12.9. The predicted molar refractivity (Wildman–Crippen MR) is 122 cm³/mol. The highest BCUT2D eigenvalue weighted by atomic mass is 16.4. The topological polar surface area (TPSA) is 209 Å². The summed E-state index contributed by atoms with van der Waals surface area (Å²) in [4.78, 5) is 58.1. The van der Waals surface area contributed by atoms with Crippen molar-refractivity contribution in [2.45, 2.75) is 43.8 Å². The molecule has 1 aromatic carbocycles. The van der Waals surface area contributed by atoms with Crippen molar-refractivity contribution in [1.29, 1.82) is 0 Å². The molecule has 0 saturated heterocycles. The van der Waals surface area contributed by atoms with Crippen molar-refractivity contribution in [3.63, 3.8) is 0 Å². The molecule has 12 nitrogen and oxygen atoms in total. The first-order valence-electron chi connectivity index (χ1n) is 10.6. The van der Waals surface area contributed by atoms with Gasteiger partial charge in [-0.15, -0.1) is 0 Å². The number of nitrogens with two attached hydrogens (primary N) is 2. The molecule has 3 aromatic rings. The van der Waals surface area contributed by atoms with E-state index in [1.807, 2.05) is 24.3 Å². The van der Waals surface area contributed by atoms with Gasteiger partial charge in [0.25, 0.3) is 0 Å². The van der Waals surface area contributed by atoms with Crippen molar-refractivity contribution < 1.29 is 24.3 Å². The zero-order valence-corrected chi connectivity index (χ0v) is 18.3. The number of primary amides is 1. The standard InChI is InChI=1S/C22H27N7O5/c23-15(7-12-9-26-16-4-2-1-3-14(12)16)20(31)29-18(8-13-10-25-11-27-13)21(32)28-17(22(33)34)5-6-19(24)30/h1-4,9-11,15,17-18,26H,5-8,23H2,(H2,24,30)(H,25,27)(H,28,32)(H,29,31)(H,33,34)/t15-,17-,18-/m0/s1. The molecule has 3 rings (SSSR count). The second kappa shape index (κ2) is 11.1. The van der Waals surface area contributed by atoms with Crippen LogP contribution in [-0.4, -0.2) is 61.9 Å². The number of para-hydroxylation sites is 1. The molecule has 0 bridgehead atoms. The summed E-state index contributed by atoms with van der Waals surface area (Å²) in [5.74, 6) is -3.32. The Hall–Kier alpha value is -4.19. The fraction of sp³-hybridized carbons (Fsp3) is 0.318. The Morgan fingerprint density at radius 3 is 2.44 bits per heavy atom. The Bertz CT molecular complexity index is 1160. The van der Waals surface area contributed by atoms with Crippen LogP contribution in [0.25, 0.3) is 10.9 Å². The number of aromatic amines is 2. The van der Waals surface area contributed by atoms with Crippen molar-refractivity contribution in [1.82, 2.24) is 25.6 Å². The first kappa shape index (κ1) is 24.5. The maximum atomic E-state index is 12.9. The van der Waals surface area contributed by atoms with Crippen LogP contribution in [0.15, 0.2) is 43.0 Å². The highest BCUT2D eigenvalue weighted by Gasteiger charge is 2.29. The molecule has 34 heavy (non-hydrogen) atoms. The van der Waals surface area contributed by atoms with Gasteiger partial charge in [-0.3, -0.25) is 14.4 Å². The van der Waals surface area contributed by atoms with E-state index >= 15 is 0 Å². The molecule has 9 N–H and O–H groups in total. The average Bonchev–Trinajstić information content (AvgIpc) is 3.45. The summed E-state index contributed by atoms with van der Waals surface area (Å²) in [5.41, 5.74) is 13.5. The number of aromatic nitrogens is 3. The monoisotopic (exact) mass is 469 g/mol. The second-order valence-corrected chi connectivity index (χ2v) is 7.92. The molecule has 0 aliphatic carbocycles. The van der Waals surface area contributed by atoms with E-state index in [0.717, 1.165) is 16.5 Å². The van der Waals surface area contributed by atoms with Crippen LogP contribution in [0.3, 0.4) is 0 Å². The fourth-order valence-corrected chi connectivity index (χ4v) is 3.55. The van der Waals surface area contributed by atoms with Gasteiger partial charge in [-0.05, 0) is 24.5 Å². The molecule has 2 aromatic heterocycles. The summed E-state index contributed by atoms with van der Waals surface area (Å²) in [7, 11) is 0. The van der Waals surface area contributed by atoms with Gasteiger partial charge >= 0.3 is 5.97 Å². The minimum Gasteiger partial charge on any atom is -0.480 e. The molecule has 0 aliphatic rings. The molecule has 0 radical (unpaired) electrons. The van der Waals surface area contributed by atoms with Gasteiger partial charge in [0.1, 0.15) is 12.1 Å². The highest BCUT2D eigenvalue weighted by Crippen LogP contribution is 2.18. The third-order valence-electron chi connectivity index (χ3n) is 5.36. The Kier molecular flexibility index (Phi) is 7.98. The van der Waals surface area contributed by atoms with Crippen LogP contribution >= 0.6 is 0 Å². The van der Waals surface area contributed by atoms with Gasteiger partial charge in [0.05, 0.1) is 12.4 Å². The minimum atomic E-state index is -1.35. The molecular formula is C22H27N7O5. The number of aliphatic carboxylic acids is 1. The van der Waals surface area contributed by atoms with E-state index in [4.69, 9.17) is 11.5 Å². The van der Waals surface area contributed by atoms with Crippen LogP contribution < -0.4 is 22.1 Å². The van der Waals surface area contributed by atoms with Gasteiger partial charge < -0.3 is 37.2 Å². The number of nitrogens with one attached hydrogen (secondary N) is 4. The number of imidazole rings is 1. The lowest BCUT2D eigenvalue weighted by Crippen LogP contribution is -2.55. The number of fused-ring (bicyclic) bond motifs is 1. The minimum absolute atomic E-state index is 0.0273. The molecule has 3 atom stereocenters. The molecule has 3 amide bonds. The lowest BCUT2D eigenvalue weighted by atomic mass is 10.0. The smallest absolute Gasteiger partial charge is 0.326 e. The van der Waals surface area contributed by atoms with Crippen LogP contribution in [0, 0.1) is 0 Å². The first-order chi connectivity index (χ1) is 16.2. The van der Waals surface area contributed by atoms with Crippen LogP contribution in [0.1, 0.15) is 24.1 Å². The number of carbonyl (C=O) groups is 4. The molecule has 0 fully saturated rings. The zero-order valence-electron chi connectivity index (χ0n) is 18.3. The van der Waals surface area contributed by atoms with Crippen molar-refractivity contribution in [3.8, 4) is 0 Å². The number of H-pyrrole nitrogens is 2. The maximum Gasteiger partial charge on any atom is 0.326 e. The molecule has 12 heteroatoms. The molecule has 2 heterocycles. The Balaban J connectivity index is 1.70. The van der Waals surface area contributed by atoms with E-state index in [1.54, 1.807) is 6.20 Å². The second-order valence-electron chi connectivity index (χ2n) is 7.92. The van der Waals surface area contributed by atoms with Crippen LogP contribution in [0.5, 0.6) is 0 Å². The zero-order chi connectivity index (χ0) is 24.7. The molecule has 0 unspecified atom stereocenters. The van der Waals surface area contributed by atoms with Crippen molar-refractivity contribution in [2.24, 2.45) is 11.5 Å². The van der Waals surface area contributed by atoms with Crippen molar-refractivity contribution in [3.05, 3.63) is 54.2 Å². The van der Waals surface area contributed by atoms with Crippen molar-refractivity contribution in [2.75, 3.05) is 0 Å². The quantitative estimate of drug-likeness (QED) is 0.181. The number of carboxylic acids is 1. The van der Waals surface area contributed by atoms with Crippen LogP contribution in [-0.2, 0) is 32.0 Å². The highest BCUT2D eigenvalue weighted by molar-refractivity contribution is 5.92. The number of rotatable bonds is 12. The number of nitrogens with zero attached hydrogens (tertiary/aromatic N) is 1. The summed E-state index contributed by atoms with van der Waals surface area (Å²) >= 11 is 0. The number of amides is 3. The number of carboxylic acid groups (broad SMARTS) is 1. The van der Waals surface area contributed by atoms with Gasteiger partial charge in [-0.1, -0.05) is 18.2 Å². The Morgan fingerprint density at radius 1 is 1.03 bits per heavy atom. The third kappa shape index (κ3) is 6.42. The third-order valence-corrected chi connectivity index (χ3v) is 5.36. The van der Waals surface area contributed by atoms with E-state index in [9.17, 15) is 24.3 Å². The van der Waals surface area contributed by atoms with E-state index in [1.165, 1.54) is 12.5 Å². The normalized spacial score (nSPS) is 13.7. The molecular weight excluding hydrogens is 442 g/mol. The number of hydrogen-bond donors (Lipinski definition) is 7. The molecule has 0 spiro atoms. The lowest BCUT2D eigenvalue weighted by Gasteiger charge is -2.22. The predicted octanol–water partition coefficient (Wildman–Crippen LogP) is -0.677. The van der Waals surface area contributed by atoms with E-state index in [2.05, 4.69) is 25.6 Å². The molecule has 0 aliphatic heterocycles. The Labute approximate surface area is 194 Å². The van der Waals surface area contributed by atoms with Gasteiger partial charge in [0.15, 0.2) is 0 Å². The van der Waals surface area contributed by atoms with Gasteiger partial charge in [-0.25, -0.2) is 9.78 Å². The van der Waals surface area contributed by atoms with E-state index in [0.29, 0.717) is 5.69 Å². The summed E-state index contributed by atoms with van der Waals surface area (Å²) < 4.78 is 0. The molecule has 0 saturated carbocycles. The number of benzene rings is 1. The van der Waals surface area contributed by atoms with Gasteiger partial charge in [0, 0.05) is 41.8 Å². The average molecular weight is 470 g/mol. The largest absolute Gasteiger partial charge is 0.480 e. The van der Waals surface area contributed by atoms with Crippen LogP contribution in [0.4, 0.5) is 0 Å². The van der Waals surface area contributed by atoms with Gasteiger partial charge in [-0.2, -0.15) is 0 Å². The summed E-state index contributed by atoms with van der Waals surface area (Å²) in [6.45, 7) is 0. The number of carbonyl (C=O) groups excluding carboxylic acids is 3. The van der Waals surface area contributed by atoms with Crippen molar-refractivity contribution >= 4 is 34.6 Å². The summed E-state index contributed by atoms with van der Waals surface area (Å²) in [5, 5.41) is 15.3. The molecule has 180 valence electrons. The summed E-state index contributed by atoms with van der Waals surface area (Å²) in [6, 6.07) is 4.17. The summed E-state index contributed by atoms with van der Waals surface area (Å²) in [6.07, 6.45) is 4.54. The lowest BCUT2D eigenvalue weighted by molar-refractivity contribution is -0.142. The van der Waals surface area contributed by atoms with E-state index in [-0.39, 0.29) is 25.7 Å². The number of hydrogen-bond acceptors (Lipinski definition) is 6. The fourth-order valence-electron chi connectivity index (χ4n) is 3.55. The SMILES string of the molecule is NC(=O)CC[C@H](NC(=O)[C@H](Cc1cnc[nH]1)NC(=O)[C@@H](N)Cc1c[nH]c2ccccc12)C(=O)O.